The number of carboxylic acid groups (broad SMARTS) is 1. The fourth-order valence-corrected chi connectivity index (χ4v) is 2.84. The van der Waals surface area contributed by atoms with Gasteiger partial charge >= 0.3 is 5.97 Å². The number of ether oxygens (including phenoxy) is 1. The Morgan fingerprint density at radius 3 is 2.55 bits per heavy atom. The van der Waals surface area contributed by atoms with Crippen molar-refractivity contribution in [1.82, 2.24) is 4.98 Å². The first-order chi connectivity index (χ1) is 10.5. The largest absolute Gasteiger partial charge is 0.497 e. The summed E-state index contributed by atoms with van der Waals surface area (Å²) >= 11 is 1.18. The Balaban J connectivity index is 2.37. The molecule has 116 valence electrons. The predicted molar refractivity (Wildman–Crippen MR) is 84.4 cm³/mol. The van der Waals surface area contributed by atoms with Crippen molar-refractivity contribution in [2.75, 3.05) is 12.4 Å². The van der Waals surface area contributed by atoms with Gasteiger partial charge in [-0.1, -0.05) is 6.92 Å². The summed E-state index contributed by atoms with van der Waals surface area (Å²) in [5.41, 5.74) is 1.35. The number of aliphatic carboxylic acids is 1. The lowest BCUT2D eigenvalue weighted by Gasteiger charge is -2.02. The maximum Gasteiger partial charge on any atom is 0.308 e. The van der Waals surface area contributed by atoms with Gasteiger partial charge < -0.3 is 15.2 Å². The second kappa shape index (κ2) is 7.04. The van der Waals surface area contributed by atoms with Crippen LogP contribution < -0.4 is 10.1 Å². The maximum atomic E-state index is 11.5. The molecule has 7 heteroatoms. The lowest BCUT2D eigenvalue weighted by Crippen LogP contribution is -2.08. The number of nitrogens with zero attached hydrogens (tertiary/aromatic N) is 1. The third-order valence-corrected chi connectivity index (χ3v) is 3.91. The second-order valence-corrected chi connectivity index (χ2v) is 5.58. The molecule has 1 heterocycles. The highest BCUT2D eigenvalue weighted by atomic mass is 32.1. The summed E-state index contributed by atoms with van der Waals surface area (Å²) in [4.78, 5) is 27.4. The number of hydrogen-bond acceptors (Lipinski definition) is 5. The zero-order chi connectivity index (χ0) is 16.1. The topological polar surface area (TPSA) is 88.5 Å². The molecule has 0 aliphatic heterocycles. The number of carboxylic acids is 1. The number of carbonyl (C=O) groups excluding carboxylic acids is 1. The van der Waals surface area contributed by atoms with Crippen molar-refractivity contribution in [1.29, 1.82) is 0 Å². The zero-order valence-electron chi connectivity index (χ0n) is 12.3. The molecule has 1 aromatic carbocycles. The van der Waals surface area contributed by atoms with Gasteiger partial charge in [0, 0.05) is 16.9 Å². The van der Waals surface area contributed by atoms with Crippen molar-refractivity contribution >= 4 is 28.3 Å². The number of carbonyl (C=O) groups is 2. The Bertz CT molecular complexity index is 679. The van der Waals surface area contributed by atoms with Crippen molar-refractivity contribution < 1.29 is 19.4 Å². The van der Waals surface area contributed by atoms with E-state index in [1.54, 1.807) is 26.2 Å². The minimum atomic E-state index is -0.938. The van der Waals surface area contributed by atoms with Gasteiger partial charge in [0.05, 0.1) is 19.2 Å². The van der Waals surface area contributed by atoms with Crippen molar-refractivity contribution in [3.8, 4) is 17.0 Å². The van der Waals surface area contributed by atoms with E-state index in [0.717, 1.165) is 5.56 Å². The fourth-order valence-electron chi connectivity index (χ4n) is 1.84. The van der Waals surface area contributed by atoms with Gasteiger partial charge in [-0.2, -0.15) is 0 Å². The number of anilines is 1. The molecule has 22 heavy (non-hydrogen) atoms. The van der Waals surface area contributed by atoms with E-state index in [4.69, 9.17) is 9.84 Å². The van der Waals surface area contributed by atoms with Gasteiger partial charge in [0.2, 0.25) is 5.91 Å². The molecule has 2 rings (SSSR count). The highest BCUT2D eigenvalue weighted by Gasteiger charge is 2.16. The molecule has 0 saturated carbocycles. The Kier molecular flexibility index (Phi) is 5.11. The molecule has 0 radical (unpaired) electrons. The van der Waals surface area contributed by atoms with Gasteiger partial charge in [0.25, 0.3) is 0 Å². The van der Waals surface area contributed by atoms with E-state index >= 15 is 0 Å². The summed E-state index contributed by atoms with van der Waals surface area (Å²) in [5, 5.41) is 12.1. The number of benzene rings is 1. The summed E-state index contributed by atoms with van der Waals surface area (Å²) in [7, 11) is 1.58. The molecule has 1 aromatic heterocycles. The third-order valence-electron chi connectivity index (χ3n) is 2.94. The van der Waals surface area contributed by atoms with E-state index in [0.29, 0.717) is 27.9 Å². The van der Waals surface area contributed by atoms with Crippen LogP contribution in [0.3, 0.4) is 0 Å². The number of hydrogen-bond donors (Lipinski definition) is 2. The van der Waals surface area contributed by atoms with Gasteiger partial charge in [0.15, 0.2) is 5.13 Å². The first-order valence-corrected chi connectivity index (χ1v) is 7.51. The van der Waals surface area contributed by atoms with Crippen LogP contribution in [0.2, 0.25) is 0 Å². The Morgan fingerprint density at radius 2 is 2.00 bits per heavy atom. The van der Waals surface area contributed by atoms with Gasteiger partial charge in [0.1, 0.15) is 5.75 Å². The summed E-state index contributed by atoms with van der Waals surface area (Å²) in [6, 6.07) is 7.18. The van der Waals surface area contributed by atoms with Gasteiger partial charge in [-0.3, -0.25) is 9.59 Å². The van der Waals surface area contributed by atoms with Crippen LogP contribution in [0.1, 0.15) is 18.2 Å². The van der Waals surface area contributed by atoms with E-state index in [2.05, 4.69) is 10.3 Å². The van der Waals surface area contributed by atoms with Gasteiger partial charge in [-0.25, -0.2) is 4.98 Å². The molecule has 2 aromatic rings. The Hall–Kier alpha value is -2.41. The number of methoxy groups -OCH3 is 1. The minimum absolute atomic E-state index is 0.138. The third kappa shape index (κ3) is 3.82. The van der Waals surface area contributed by atoms with Crippen LogP contribution in [-0.2, 0) is 16.0 Å². The zero-order valence-corrected chi connectivity index (χ0v) is 13.1. The van der Waals surface area contributed by atoms with Gasteiger partial charge in [-0.05, 0) is 24.3 Å². The normalized spacial score (nSPS) is 10.3. The standard InChI is InChI=1S/C15H16N2O4S/c1-3-12(18)16-15-17-14(11(22-15)8-13(19)20)9-4-6-10(21-2)7-5-9/h4-7H,3,8H2,1-2H3,(H,19,20)(H,16,17,18). The van der Waals surface area contributed by atoms with E-state index < -0.39 is 5.97 Å². The van der Waals surface area contributed by atoms with Crippen LogP contribution in [0.15, 0.2) is 24.3 Å². The number of rotatable bonds is 6. The van der Waals surface area contributed by atoms with E-state index in [1.807, 2.05) is 12.1 Å². The average molecular weight is 320 g/mol. The highest BCUT2D eigenvalue weighted by molar-refractivity contribution is 7.16. The summed E-state index contributed by atoms with van der Waals surface area (Å²) in [6.07, 6.45) is 0.201. The molecule has 1 amide bonds. The van der Waals surface area contributed by atoms with E-state index in [-0.39, 0.29) is 12.3 Å². The lowest BCUT2D eigenvalue weighted by molar-refractivity contribution is -0.136. The molecule has 0 aliphatic carbocycles. The molecule has 0 fully saturated rings. The average Bonchev–Trinajstić information content (AvgIpc) is 2.88. The first kappa shape index (κ1) is 16.0. The number of thiazole rings is 1. The summed E-state index contributed by atoms with van der Waals surface area (Å²) < 4.78 is 5.10. The van der Waals surface area contributed by atoms with Crippen LogP contribution in [0.5, 0.6) is 5.75 Å². The fraction of sp³-hybridized carbons (Fsp3) is 0.267. The summed E-state index contributed by atoms with van der Waals surface area (Å²) in [5.74, 6) is -0.387. The van der Waals surface area contributed by atoms with Crippen molar-refractivity contribution in [3.63, 3.8) is 0 Å². The quantitative estimate of drug-likeness (QED) is 0.854. The minimum Gasteiger partial charge on any atom is -0.497 e. The lowest BCUT2D eigenvalue weighted by atomic mass is 10.1. The summed E-state index contributed by atoms with van der Waals surface area (Å²) in [6.45, 7) is 1.74. The van der Waals surface area contributed by atoms with Crippen LogP contribution in [0, 0.1) is 0 Å². The molecule has 0 unspecified atom stereocenters. The molecule has 6 nitrogen and oxygen atoms in total. The molecule has 0 spiro atoms. The molecular weight excluding hydrogens is 304 g/mol. The Labute approximate surface area is 131 Å². The number of aromatic nitrogens is 1. The highest BCUT2D eigenvalue weighted by Crippen LogP contribution is 2.32. The van der Waals surface area contributed by atoms with Crippen LogP contribution in [0.4, 0.5) is 5.13 Å². The second-order valence-electron chi connectivity index (χ2n) is 4.49. The molecule has 0 saturated heterocycles. The van der Waals surface area contributed by atoms with E-state index in [1.165, 1.54) is 11.3 Å². The molecular formula is C15H16N2O4S. The van der Waals surface area contributed by atoms with Crippen molar-refractivity contribution in [2.24, 2.45) is 0 Å². The van der Waals surface area contributed by atoms with Crippen molar-refractivity contribution in [3.05, 3.63) is 29.1 Å². The molecule has 0 aliphatic rings. The molecule has 0 bridgehead atoms. The van der Waals surface area contributed by atoms with Crippen molar-refractivity contribution in [2.45, 2.75) is 19.8 Å². The van der Waals surface area contributed by atoms with Crippen LogP contribution in [-0.4, -0.2) is 29.1 Å². The van der Waals surface area contributed by atoms with Crippen LogP contribution >= 0.6 is 11.3 Å². The van der Waals surface area contributed by atoms with Gasteiger partial charge in [-0.15, -0.1) is 11.3 Å². The van der Waals surface area contributed by atoms with E-state index in [9.17, 15) is 9.59 Å². The smallest absolute Gasteiger partial charge is 0.308 e. The molecule has 0 atom stereocenters. The Morgan fingerprint density at radius 1 is 1.32 bits per heavy atom. The first-order valence-electron chi connectivity index (χ1n) is 6.69. The number of amides is 1. The van der Waals surface area contributed by atoms with Crippen LogP contribution in [0.25, 0.3) is 11.3 Å². The SMILES string of the molecule is CCC(=O)Nc1nc(-c2ccc(OC)cc2)c(CC(=O)O)s1. The predicted octanol–water partition coefficient (Wildman–Crippen LogP) is 2.79. The maximum absolute atomic E-state index is 11.5. The monoisotopic (exact) mass is 320 g/mol. The number of nitrogens with one attached hydrogen (secondary N) is 1. The molecule has 2 N–H and O–H groups in total.